The number of benzene rings is 1. The van der Waals surface area contributed by atoms with Gasteiger partial charge in [-0.15, -0.1) is 0 Å². The van der Waals surface area contributed by atoms with E-state index >= 15 is 0 Å². The predicted molar refractivity (Wildman–Crippen MR) is 93.5 cm³/mol. The lowest BCUT2D eigenvalue weighted by Gasteiger charge is -2.13. The van der Waals surface area contributed by atoms with Gasteiger partial charge in [-0.05, 0) is 30.7 Å². The first-order valence-corrected chi connectivity index (χ1v) is 8.31. The number of amides is 2. The number of nitrogens with zero attached hydrogens (tertiary/aromatic N) is 2. The summed E-state index contributed by atoms with van der Waals surface area (Å²) in [6.07, 6.45) is 2.93. The van der Waals surface area contributed by atoms with Crippen molar-refractivity contribution in [3.8, 4) is 0 Å². The molecule has 2 unspecified atom stereocenters. The van der Waals surface area contributed by atoms with E-state index < -0.39 is 5.97 Å². The van der Waals surface area contributed by atoms with Gasteiger partial charge in [0.2, 0.25) is 0 Å². The summed E-state index contributed by atoms with van der Waals surface area (Å²) in [6.45, 7) is 0. The second kappa shape index (κ2) is 7.38. The third kappa shape index (κ3) is 3.99. The second-order valence-electron chi connectivity index (χ2n) is 6.25. The Bertz CT molecular complexity index is 757. The quantitative estimate of drug-likeness (QED) is 0.837. The van der Waals surface area contributed by atoms with Gasteiger partial charge in [0.15, 0.2) is 5.82 Å². The molecule has 2 N–H and O–H groups in total. The summed E-state index contributed by atoms with van der Waals surface area (Å²) in [5.41, 5.74) is 1.60. The zero-order valence-corrected chi connectivity index (χ0v) is 14.4. The average molecular weight is 342 g/mol. The Morgan fingerprint density at radius 1 is 1.24 bits per heavy atom. The molecule has 0 aliphatic heterocycles. The Morgan fingerprint density at radius 3 is 2.72 bits per heavy atom. The van der Waals surface area contributed by atoms with Crippen LogP contribution in [-0.4, -0.2) is 34.9 Å². The summed E-state index contributed by atoms with van der Waals surface area (Å²) in [4.78, 5) is 23.8. The standard InChI is InChI=1S/C18H22N4O3/c1-22-15(17(23)25-2)11-16(21-22)20-18(24)19-14-9-8-13(10-14)12-6-4-3-5-7-12/h3-7,11,13-14H,8-10H2,1-2H3,(H2,19,20,21,24). The molecular formula is C18H22N4O3. The van der Waals surface area contributed by atoms with Gasteiger partial charge >= 0.3 is 12.0 Å². The Morgan fingerprint density at radius 2 is 2.00 bits per heavy atom. The minimum absolute atomic E-state index is 0.133. The van der Waals surface area contributed by atoms with Gasteiger partial charge in [-0.1, -0.05) is 30.3 Å². The molecule has 132 valence electrons. The van der Waals surface area contributed by atoms with E-state index in [2.05, 4.69) is 32.6 Å². The third-order valence-corrected chi connectivity index (χ3v) is 4.55. The van der Waals surface area contributed by atoms with Crippen LogP contribution in [-0.2, 0) is 11.8 Å². The number of methoxy groups -OCH3 is 1. The van der Waals surface area contributed by atoms with Crippen molar-refractivity contribution in [2.75, 3.05) is 12.4 Å². The molecule has 1 fully saturated rings. The van der Waals surface area contributed by atoms with Gasteiger partial charge in [-0.25, -0.2) is 9.59 Å². The number of rotatable bonds is 4. The van der Waals surface area contributed by atoms with E-state index in [1.54, 1.807) is 7.05 Å². The lowest BCUT2D eigenvalue weighted by atomic mass is 9.98. The first kappa shape index (κ1) is 17.0. The summed E-state index contributed by atoms with van der Waals surface area (Å²) < 4.78 is 6.05. The summed E-state index contributed by atoms with van der Waals surface area (Å²) in [6, 6.07) is 11.7. The van der Waals surface area contributed by atoms with Crippen molar-refractivity contribution in [1.29, 1.82) is 0 Å². The van der Waals surface area contributed by atoms with Crippen molar-refractivity contribution >= 4 is 17.8 Å². The average Bonchev–Trinajstić information content (AvgIpc) is 3.21. The van der Waals surface area contributed by atoms with Gasteiger partial charge < -0.3 is 10.1 Å². The van der Waals surface area contributed by atoms with Crippen LogP contribution in [0.15, 0.2) is 36.4 Å². The van der Waals surface area contributed by atoms with Gasteiger partial charge in [-0.2, -0.15) is 5.10 Å². The molecule has 1 aliphatic carbocycles. The van der Waals surface area contributed by atoms with E-state index in [1.165, 1.54) is 23.4 Å². The van der Waals surface area contributed by atoms with Crippen molar-refractivity contribution in [2.24, 2.45) is 7.05 Å². The fraction of sp³-hybridized carbons (Fsp3) is 0.389. The number of esters is 1. The van der Waals surface area contributed by atoms with Gasteiger partial charge in [0.05, 0.1) is 7.11 Å². The first-order valence-electron chi connectivity index (χ1n) is 8.31. The van der Waals surface area contributed by atoms with Crippen molar-refractivity contribution in [3.63, 3.8) is 0 Å². The zero-order chi connectivity index (χ0) is 17.8. The van der Waals surface area contributed by atoms with Crippen LogP contribution in [0.25, 0.3) is 0 Å². The molecule has 7 nitrogen and oxygen atoms in total. The van der Waals surface area contributed by atoms with Crippen molar-refractivity contribution in [2.45, 2.75) is 31.2 Å². The van der Waals surface area contributed by atoms with E-state index in [1.807, 2.05) is 18.2 Å². The maximum Gasteiger partial charge on any atom is 0.356 e. The highest BCUT2D eigenvalue weighted by Gasteiger charge is 2.27. The van der Waals surface area contributed by atoms with E-state index in [0.29, 0.717) is 11.7 Å². The lowest BCUT2D eigenvalue weighted by molar-refractivity contribution is 0.0588. The van der Waals surface area contributed by atoms with Crippen LogP contribution in [0.4, 0.5) is 10.6 Å². The molecule has 0 radical (unpaired) electrons. The zero-order valence-electron chi connectivity index (χ0n) is 14.4. The van der Waals surface area contributed by atoms with Crippen LogP contribution in [0.5, 0.6) is 0 Å². The number of hydrogen-bond acceptors (Lipinski definition) is 4. The number of aromatic nitrogens is 2. The molecule has 0 spiro atoms. The highest BCUT2D eigenvalue weighted by molar-refractivity contribution is 5.92. The van der Waals surface area contributed by atoms with Crippen molar-refractivity contribution < 1.29 is 14.3 Å². The van der Waals surface area contributed by atoms with Crippen molar-refractivity contribution in [3.05, 3.63) is 47.7 Å². The van der Waals surface area contributed by atoms with Crippen LogP contribution >= 0.6 is 0 Å². The summed E-state index contributed by atoms with van der Waals surface area (Å²) in [7, 11) is 2.93. The number of aryl methyl sites for hydroxylation is 1. The monoisotopic (exact) mass is 342 g/mol. The Labute approximate surface area is 146 Å². The maximum absolute atomic E-state index is 12.2. The molecule has 2 amide bonds. The molecule has 1 saturated carbocycles. The fourth-order valence-corrected chi connectivity index (χ4v) is 3.30. The first-order chi connectivity index (χ1) is 12.1. The minimum atomic E-state index is -0.495. The molecule has 0 bridgehead atoms. The molecule has 1 aromatic carbocycles. The van der Waals surface area contributed by atoms with Gasteiger partial charge in [0.25, 0.3) is 0 Å². The van der Waals surface area contributed by atoms with E-state index in [0.717, 1.165) is 19.3 Å². The Hall–Kier alpha value is -2.83. The highest BCUT2D eigenvalue weighted by atomic mass is 16.5. The number of carbonyl (C=O) groups is 2. The molecule has 2 aromatic rings. The molecule has 1 aromatic heterocycles. The molecule has 0 saturated heterocycles. The third-order valence-electron chi connectivity index (χ3n) is 4.55. The van der Waals surface area contributed by atoms with Gasteiger partial charge in [-0.3, -0.25) is 10.00 Å². The molecular weight excluding hydrogens is 320 g/mol. The van der Waals surface area contributed by atoms with Gasteiger partial charge in [0.1, 0.15) is 5.69 Å². The molecule has 2 atom stereocenters. The molecule has 25 heavy (non-hydrogen) atoms. The number of hydrogen-bond donors (Lipinski definition) is 2. The maximum atomic E-state index is 12.2. The molecule has 1 heterocycles. The smallest absolute Gasteiger partial charge is 0.356 e. The van der Waals surface area contributed by atoms with Crippen LogP contribution < -0.4 is 10.6 Å². The van der Waals surface area contributed by atoms with Crippen molar-refractivity contribution in [1.82, 2.24) is 15.1 Å². The normalized spacial score (nSPS) is 19.4. The number of ether oxygens (including phenoxy) is 1. The van der Waals surface area contributed by atoms with Crippen LogP contribution in [0.3, 0.4) is 0 Å². The van der Waals surface area contributed by atoms with E-state index in [4.69, 9.17) is 0 Å². The summed E-state index contributed by atoms with van der Waals surface area (Å²) >= 11 is 0. The highest BCUT2D eigenvalue weighted by Crippen LogP contribution is 2.34. The van der Waals surface area contributed by atoms with E-state index in [9.17, 15) is 9.59 Å². The second-order valence-corrected chi connectivity index (χ2v) is 6.25. The van der Waals surface area contributed by atoms with Crippen LogP contribution in [0.1, 0.15) is 41.2 Å². The number of carbonyl (C=O) groups excluding carboxylic acids is 2. The summed E-state index contributed by atoms with van der Waals surface area (Å²) in [5.74, 6) is 0.301. The Balaban J connectivity index is 1.54. The topological polar surface area (TPSA) is 85.2 Å². The number of urea groups is 1. The SMILES string of the molecule is COC(=O)c1cc(NC(=O)NC2CCC(c3ccccc3)C2)nn1C. The summed E-state index contributed by atoms with van der Waals surface area (Å²) in [5, 5.41) is 9.76. The van der Waals surface area contributed by atoms with Gasteiger partial charge in [0, 0.05) is 19.2 Å². The molecule has 1 aliphatic rings. The van der Waals surface area contributed by atoms with Crippen LogP contribution in [0.2, 0.25) is 0 Å². The van der Waals surface area contributed by atoms with Crippen LogP contribution in [0, 0.1) is 0 Å². The Kier molecular flexibility index (Phi) is 5.02. The molecule has 3 rings (SSSR count). The van der Waals surface area contributed by atoms with E-state index in [-0.39, 0.29) is 17.8 Å². The number of anilines is 1. The number of nitrogens with one attached hydrogen (secondary N) is 2. The molecule has 7 heteroatoms. The largest absolute Gasteiger partial charge is 0.464 e. The fourth-order valence-electron chi connectivity index (χ4n) is 3.30. The minimum Gasteiger partial charge on any atom is -0.464 e. The predicted octanol–water partition coefficient (Wildman–Crippen LogP) is 2.66. The lowest BCUT2D eigenvalue weighted by Crippen LogP contribution is -2.36.